The molecule has 8 aromatic heterocycles. The van der Waals surface area contributed by atoms with Crippen molar-refractivity contribution in [3.63, 3.8) is 0 Å². The monoisotopic (exact) mass is 1440 g/mol. The second-order valence-corrected chi connectivity index (χ2v) is 26.9. The summed E-state index contributed by atoms with van der Waals surface area (Å²) < 4.78 is 26.2. The van der Waals surface area contributed by atoms with E-state index in [0.717, 1.165) is 132 Å². The van der Waals surface area contributed by atoms with Gasteiger partial charge < -0.3 is 17.7 Å². The van der Waals surface area contributed by atoms with E-state index in [1.54, 1.807) is 0 Å². The van der Waals surface area contributed by atoms with Crippen molar-refractivity contribution >= 4 is 87.8 Å². The molecule has 0 aliphatic carbocycles. The van der Waals surface area contributed by atoms with Crippen LogP contribution in [-0.4, -0.2) is 59.8 Å². The number of hydrogen-bond acceptors (Lipinski definition) is 16. The lowest BCUT2D eigenvalue weighted by Crippen LogP contribution is -2.00. The molecule has 0 N–H and O–H groups in total. The van der Waals surface area contributed by atoms with Crippen LogP contribution >= 0.6 is 0 Å². The van der Waals surface area contributed by atoms with Crippen LogP contribution in [0.15, 0.2) is 357 Å². The van der Waals surface area contributed by atoms with E-state index >= 15 is 0 Å². The summed E-state index contributed by atoms with van der Waals surface area (Å²) in [7, 11) is 0. The number of hydrogen-bond donors (Lipinski definition) is 0. The molecule has 0 aliphatic heterocycles. The quantitative estimate of drug-likeness (QED) is 0.111. The summed E-state index contributed by atoms with van der Waals surface area (Å²) in [6, 6.07) is 112. The van der Waals surface area contributed by atoms with E-state index in [-0.39, 0.29) is 0 Å². The first kappa shape index (κ1) is 64.7. The number of para-hydroxylation sites is 5. The van der Waals surface area contributed by atoms with E-state index in [0.29, 0.717) is 92.2 Å². The van der Waals surface area contributed by atoms with Crippen LogP contribution in [-0.2, 0) is 0 Å². The summed E-state index contributed by atoms with van der Waals surface area (Å²) in [5.41, 5.74) is 15.9. The van der Waals surface area contributed by atoms with Crippen LogP contribution in [0.5, 0.6) is 0 Å². The van der Waals surface area contributed by atoms with Gasteiger partial charge in [0.2, 0.25) is 0 Å². The van der Waals surface area contributed by atoms with E-state index in [1.807, 2.05) is 309 Å². The van der Waals surface area contributed by atoms with Gasteiger partial charge in [-0.25, -0.2) is 59.8 Å². The Bertz CT molecular complexity index is 7260. The highest BCUT2D eigenvalue weighted by Gasteiger charge is 2.27. The molecule has 0 spiro atoms. The zero-order valence-corrected chi connectivity index (χ0v) is 59.3. The Morgan fingerprint density at radius 1 is 0.134 bits per heavy atom. The van der Waals surface area contributed by atoms with Crippen molar-refractivity contribution in [2.45, 2.75) is 0 Å². The molecule has 16 heteroatoms. The molecule has 112 heavy (non-hydrogen) atoms. The Kier molecular flexibility index (Phi) is 15.8. The molecule has 0 aliphatic rings. The van der Waals surface area contributed by atoms with Crippen molar-refractivity contribution in [3.8, 4) is 137 Å². The molecular formula is C96H56N12O4. The van der Waals surface area contributed by atoms with E-state index in [1.165, 1.54) is 0 Å². The Morgan fingerprint density at radius 2 is 0.339 bits per heavy atom. The van der Waals surface area contributed by atoms with Gasteiger partial charge in [0.25, 0.3) is 0 Å². The van der Waals surface area contributed by atoms with Crippen molar-refractivity contribution < 1.29 is 17.7 Å². The molecule has 14 aromatic carbocycles. The standard InChI is InChI=1S/2C48H28N6O2/c1-4-15-29(16-5-1)43-49-44(30-17-6-2-7-18-30)51-46(50-43)35-24-14-28-39-40(35)34-23-13-26-37(42(34)56-39)48-53-45(31-19-8-3-9-20-31)52-47(54-48)36-25-12-22-33-32-21-10-11-27-38(32)55-41(33)36;1-4-15-29(16-5-1)43-49-44(30-17-6-2-7-18-30)51-46(50-43)35-24-14-28-39-41(35)33-22-12-25-36(42(33)56-39)48-53-45(31-19-8-3-9-20-31)52-47(54-48)34-23-13-27-38-40(34)32-21-10-11-26-37(32)55-38/h2*1-28H. The third-order valence-electron chi connectivity index (χ3n) is 20.0. The molecule has 16 nitrogen and oxygen atoms in total. The molecule has 0 fully saturated rings. The number of rotatable bonds is 12. The molecular weight excluding hydrogens is 1390 g/mol. The van der Waals surface area contributed by atoms with Crippen molar-refractivity contribution in [3.05, 3.63) is 340 Å². The summed E-state index contributed by atoms with van der Waals surface area (Å²) in [5.74, 6) is 6.54. The van der Waals surface area contributed by atoms with Gasteiger partial charge in [0.15, 0.2) is 69.9 Å². The minimum Gasteiger partial charge on any atom is -0.456 e. The lowest BCUT2D eigenvalue weighted by molar-refractivity contribution is 0.668. The molecule has 8 heterocycles. The molecule has 22 rings (SSSR count). The third-order valence-corrected chi connectivity index (χ3v) is 20.0. The molecule has 0 atom stereocenters. The van der Waals surface area contributed by atoms with Crippen molar-refractivity contribution in [1.82, 2.24) is 59.8 Å². The first-order valence-corrected chi connectivity index (χ1v) is 36.6. The van der Waals surface area contributed by atoms with Crippen LogP contribution in [0, 0.1) is 0 Å². The molecule has 22 aromatic rings. The predicted molar refractivity (Wildman–Crippen MR) is 441 cm³/mol. The summed E-state index contributed by atoms with van der Waals surface area (Å²) in [5, 5.41) is 7.54. The second-order valence-electron chi connectivity index (χ2n) is 26.9. The highest BCUT2D eigenvalue weighted by molar-refractivity contribution is 6.17. The highest BCUT2D eigenvalue weighted by Crippen LogP contribution is 2.45. The number of benzene rings is 14. The molecule has 524 valence electrons. The van der Waals surface area contributed by atoms with Gasteiger partial charge in [-0.15, -0.1) is 0 Å². The van der Waals surface area contributed by atoms with Gasteiger partial charge in [0, 0.05) is 93.2 Å². The van der Waals surface area contributed by atoms with Gasteiger partial charge in [-0.05, 0) is 48.5 Å². The van der Waals surface area contributed by atoms with Crippen LogP contribution in [0.4, 0.5) is 0 Å². The lowest BCUT2D eigenvalue weighted by Gasteiger charge is -2.10. The average molecular weight is 1440 g/mol. The summed E-state index contributed by atoms with van der Waals surface area (Å²) in [4.78, 5) is 60.5. The smallest absolute Gasteiger partial charge is 0.167 e. The van der Waals surface area contributed by atoms with Gasteiger partial charge >= 0.3 is 0 Å². The SMILES string of the molecule is c1ccc(-c2nc(-c3cccc4c3oc3cccc(-c5nc(-c6ccccc6)nc(-c6ccccc6)n5)c34)nc(-c3cccc4oc5ccccc5c34)n2)cc1.c1ccc(-c2nc(-c3cccc4c3oc3ccccc34)nc(-c3cccc4c3oc3cccc(-c5nc(-c6ccccc6)nc(-c6ccccc6)n5)c34)n2)cc1. The maximum absolute atomic E-state index is 6.75. The zero-order chi connectivity index (χ0) is 74.0. The fraction of sp³-hybridized carbons (Fsp3) is 0. The number of fused-ring (bicyclic) bond motifs is 12. The Morgan fingerprint density at radius 3 is 0.688 bits per heavy atom. The van der Waals surface area contributed by atoms with Crippen LogP contribution < -0.4 is 0 Å². The summed E-state index contributed by atoms with van der Waals surface area (Å²) in [6.07, 6.45) is 0. The topological polar surface area (TPSA) is 207 Å². The number of aromatic nitrogens is 12. The second kappa shape index (κ2) is 27.3. The first-order valence-electron chi connectivity index (χ1n) is 36.6. The highest BCUT2D eigenvalue weighted by atomic mass is 16.3. The maximum atomic E-state index is 6.75. The van der Waals surface area contributed by atoms with Crippen LogP contribution in [0.3, 0.4) is 0 Å². The molecule has 0 unspecified atom stereocenters. The molecule has 0 radical (unpaired) electrons. The summed E-state index contributed by atoms with van der Waals surface area (Å²) >= 11 is 0. The fourth-order valence-electron chi connectivity index (χ4n) is 14.8. The van der Waals surface area contributed by atoms with Gasteiger partial charge in [0.05, 0.1) is 16.7 Å². The average Bonchev–Trinajstić information content (AvgIpc) is 1.57. The Hall–Kier alpha value is -15.7. The maximum Gasteiger partial charge on any atom is 0.167 e. The van der Waals surface area contributed by atoms with Gasteiger partial charge in [-0.2, -0.15) is 0 Å². The Balaban J connectivity index is 0.000000141. The van der Waals surface area contributed by atoms with Crippen molar-refractivity contribution in [2.24, 2.45) is 0 Å². The van der Waals surface area contributed by atoms with E-state index in [4.69, 9.17) is 77.5 Å². The van der Waals surface area contributed by atoms with Crippen molar-refractivity contribution in [2.75, 3.05) is 0 Å². The zero-order valence-electron chi connectivity index (χ0n) is 59.3. The van der Waals surface area contributed by atoms with Crippen molar-refractivity contribution in [1.29, 1.82) is 0 Å². The van der Waals surface area contributed by atoms with Gasteiger partial charge in [0.1, 0.15) is 44.7 Å². The molecule has 0 saturated carbocycles. The predicted octanol–water partition coefficient (Wildman–Crippen LogP) is 23.7. The minimum atomic E-state index is 0.478. The molecule has 0 saturated heterocycles. The van der Waals surface area contributed by atoms with Crippen LogP contribution in [0.25, 0.3) is 224 Å². The molecule has 0 bridgehead atoms. The first-order chi connectivity index (χ1) is 55.5. The summed E-state index contributed by atoms with van der Waals surface area (Å²) in [6.45, 7) is 0. The number of nitrogens with zero attached hydrogens (tertiary/aromatic N) is 12. The Labute approximate surface area is 637 Å². The lowest BCUT2D eigenvalue weighted by atomic mass is 10.0. The van der Waals surface area contributed by atoms with Crippen LogP contribution in [0.2, 0.25) is 0 Å². The van der Waals surface area contributed by atoms with E-state index in [9.17, 15) is 0 Å². The van der Waals surface area contributed by atoms with Crippen LogP contribution in [0.1, 0.15) is 0 Å². The normalized spacial score (nSPS) is 11.6. The van der Waals surface area contributed by atoms with E-state index < -0.39 is 0 Å². The fourth-order valence-corrected chi connectivity index (χ4v) is 14.8. The minimum absolute atomic E-state index is 0.478. The van der Waals surface area contributed by atoms with Gasteiger partial charge in [-0.3, -0.25) is 0 Å². The third kappa shape index (κ3) is 11.6. The molecule has 0 amide bonds. The number of furan rings is 4. The van der Waals surface area contributed by atoms with Gasteiger partial charge in [-0.1, -0.05) is 291 Å². The largest absolute Gasteiger partial charge is 0.456 e. The van der Waals surface area contributed by atoms with E-state index in [2.05, 4.69) is 30.3 Å².